The number of methoxy groups -OCH3 is 2. The maximum Gasteiger partial charge on any atom is 0.396 e. The molecule has 9 heteroatoms. The van der Waals surface area contributed by atoms with E-state index < -0.39 is 24.4 Å². The Balaban J connectivity index is 1.90. The van der Waals surface area contributed by atoms with Gasteiger partial charge in [0.2, 0.25) is 5.91 Å². The van der Waals surface area contributed by atoms with Gasteiger partial charge in [0.25, 0.3) is 5.91 Å². The molecule has 32 heavy (non-hydrogen) atoms. The van der Waals surface area contributed by atoms with Crippen LogP contribution in [-0.2, 0) is 4.79 Å². The zero-order chi connectivity index (χ0) is 23.3. The number of anilines is 1. The van der Waals surface area contributed by atoms with E-state index in [4.69, 9.17) is 9.47 Å². The highest BCUT2D eigenvalue weighted by molar-refractivity contribution is 6.04. The topological polar surface area (TPSA) is 67.9 Å². The fraction of sp³-hybridized carbons (Fsp3) is 0.391. The number of nitrogens with zero attached hydrogens (tertiary/aromatic N) is 1. The summed E-state index contributed by atoms with van der Waals surface area (Å²) in [5, 5.41) is 2.49. The van der Waals surface area contributed by atoms with Gasteiger partial charge in [0.1, 0.15) is 0 Å². The minimum atomic E-state index is -4.61. The van der Waals surface area contributed by atoms with Gasteiger partial charge in [0.05, 0.1) is 31.4 Å². The molecule has 2 aromatic carbocycles. The van der Waals surface area contributed by atoms with E-state index in [-0.39, 0.29) is 34.2 Å². The van der Waals surface area contributed by atoms with Crippen molar-refractivity contribution in [3.05, 3.63) is 53.6 Å². The van der Waals surface area contributed by atoms with E-state index in [0.717, 1.165) is 12.8 Å². The molecular weight excluding hydrogens is 425 g/mol. The number of hydrogen-bond acceptors (Lipinski definition) is 4. The van der Waals surface area contributed by atoms with Gasteiger partial charge in [-0.2, -0.15) is 13.2 Å². The van der Waals surface area contributed by atoms with Gasteiger partial charge in [-0.1, -0.05) is 30.3 Å². The third-order valence-corrected chi connectivity index (χ3v) is 5.41. The fourth-order valence-corrected chi connectivity index (χ4v) is 3.74. The van der Waals surface area contributed by atoms with E-state index >= 15 is 0 Å². The Bertz CT molecular complexity index is 958. The van der Waals surface area contributed by atoms with Crippen molar-refractivity contribution in [2.45, 2.75) is 31.4 Å². The second kappa shape index (κ2) is 9.93. The molecule has 6 nitrogen and oxygen atoms in total. The zero-order valence-electron chi connectivity index (χ0n) is 17.9. The lowest BCUT2D eigenvalue weighted by atomic mass is 9.94. The van der Waals surface area contributed by atoms with Crippen LogP contribution in [0.3, 0.4) is 0 Å². The number of hydrogen-bond donors (Lipinski definition) is 1. The normalized spacial score (nSPS) is 14.7. The van der Waals surface area contributed by atoms with Gasteiger partial charge >= 0.3 is 6.18 Å². The number of carbonyl (C=O) groups excluding carboxylic acids is 2. The number of rotatable bonds is 7. The molecular formula is C23H25F3N2O4. The number of halogens is 3. The monoisotopic (exact) mass is 450 g/mol. The molecule has 0 saturated carbocycles. The lowest BCUT2D eigenvalue weighted by Crippen LogP contribution is -2.30. The van der Waals surface area contributed by atoms with Crippen LogP contribution >= 0.6 is 0 Å². The van der Waals surface area contributed by atoms with Gasteiger partial charge in [-0.3, -0.25) is 9.59 Å². The summed E-state index contributed by atoms with van der Waals surface area (Å²) in [6.07, 6.45) is -3.69. The van der Waals surface area contributed by atoms with Crippen LogP contribution in [0.4, 0.5) is 18.9 Å². The number of amides is 2. The quantitative estimate of drug-likeness (QED) is 0.669. The number of nitrogens with one attached hydrogen (secondary N) is 1. The molecule has 0 spiro atoms. The van der Waals surface area contributed by atoms with Crippen LogP contribution in [-0.4, -0.2) is 50.2 Å². The molecule has 1 aliphatic heterocycles. The highest BCUT2D eigenvalue weighted by Crippen LogP contribution is 2.38. The van der Waals surface area contributed by atoms with Crippen molar-refractivity contribution >= 4 is 17.5 Å². The summed E-state index contributed by atoms with van der Waals surface area (Å²) in [5.41, 5.74) is 0.218. The van der Waals surface area contributed by atoms with E-state index in [1.54, 1.807) is 11.0 Å². The Morgan fingerprint density at radius 1 is 1.03 bits per heavy atom. The predicted octanol–water partition coefficient (Wildman–Crippen LogP) is 4.61. The second-order valence-corrected chi connectivity index (χ2v) is 7.51. The van der Waals surface area contributed by atoms with E-state index in [9.17, 15) is 22.8 Å². The van der Waals surface area contributed by atoms with Crippen LogP contribution in [0.25, 0.3) is 0 Å². The molecule has 1 fully saturated rings. The Kier molecular flexibility index (Phi) is 7.27. The first-order valence-corrected chi connectivity index (χ1v) is 10.2. The Morgan fingerprint density at radius 3 is 2.19 bits per heavy atom. The third kappa shape index (κ3) is 5.33. The Hall–Kier alpha value is -3.23. The molecule has 1 saturated heterocycles. The molecule has 172 valence electrons. The minimum absolute atomic E-state index is 0.00386. The van der Waals surface area contributed by atoms with Crippen molar-refractivity contribution in [2.75, 3.05) is 32.6 Å². The maximum atomic E-state index is 13.7. The van der Waals surface area contributed by atoms with E-state index in [1.807, 2.05) is 0 Å². The van der Waals surface area contributed by atoms with Crippen LogP contribution in [0.1, 0.15) is 41.1 Å². The molecule has 1 aliphatic rings. The summed E-state index contributed by atoms with van der Waals surface area (Å²) >= 11 is 0. The summed E-state index contributed by atoms with van der Waals surface area (Å²) < 4.78 is 51.5. The lowest BCUT2D eigenvalue weighted by molar-refractivity contribution is -0.155. The molecule has 0 bridgehead atoms. The SMILES string of the molecule is COc1cc(NC(=O)CC(c2ccccc2)C(F)(F)F)c(C(=O)N2CCCC2)cc1OC. The standard InChI is InChI=1S/C23H25F3N2O4/c1-31-19-12-16(22(30)28-10-6-7-11-28)18(14-20(19)32-2)27-21(29)13-17(23(24,25)26)15-8-4-3-5-9-15/h3-5,8-9,12,14,17H,6-7,10-11,13H2,1-2H3,(H,27,29). The Morgan fingerprint density at radius 2 is 1.62 bits per heavy atom. The maximum absolute atomic E-state index is 13.7. The molecule has 1 heterocycles. The predicted molar refractivity (Wildman–Crippen MR) is 113 cm³/mol. The van der Waals surface area contributed by atoms with Crippen LogP contribution in [0.2, 0.25) is 0 Å². The molecule has 1 N–H and O–H groups in total. The summed E-state index contributed by atoms with van der Waals surface area (Å²) in [4.78, 5) is 27.3. The van der Waals surface area contributed by atoms with Crippen LogP contribution < -0.4 is 14.8 Å². The molecule has 2 amide bonds. The van der Waals surface area contributed by atoms with Crippen molar-refractivity contribution in [3.63, 3.8) is 0 Å². The average molecular weight is 450 g/mol. The highest BCUT2D eigenvalue weighted by atomic mass is 19.4. The molecule has 3 rings (SSSR count). The van der Waals surface area contributed by atoms with Gasteiger partial charge in [0.15, 0.2) is 11.5 Å². The van der Waals surface area contributed by atoms with E-state index in [2.05, 4.69) is 5.32 Å². The van der Waals surface area contributed by atoms with E-state index in [1.165, 1.54) is 50.6 Å². The first-order chi connectivity index (χ1) is 15.2. The summed E-state index contributed by atoms with van der Waals surface area (Å²) in [6.45, 7) is 1.15. The van der Waals surface area contributed by atoms with E-state index in [0.29, 0.717) is 13.1 Å². The highest BCUT2D eigenvalue weighted by Gasteiger charge is 2.42. The van der Waals surface area contributed by atoms with Gasteiger partial charge in [-0.15, -0.1) is 0 Å². The van der Waals surface area contributed by atoms with Crippen molar-refractivity contribution in [2.24, 2.45) is 0 Å². The minimum Gasteiger partial charge on any atom is -0.493 e. The first kappa shape index (κ1) is 23.4. The Labute approximate surface area is 184 Å². The average Bonchev–Trinajstić information content (AvgIpc) is 3.31. The van der Waals surface area contributed by atoms with Crippen molar-refractivity contribution in [1.29, 1.82) is 0 Å². The van der Waals surface area contributed by atoms with Crippen molar-refractivity contribution < 1.29 is 32.2 Å². The van der Waals surface area contributed by atoms with Crippen LogP contribution in [0.5, 0.6) is 11.5 Å². The van der Waals surface area contributed by atoms with Gasteiger partial charge in [0, 0.05) is 25.6 Å². The van der Waals surface area contributed by atoms with Crippen molar-refractivity contribution in [1.82, 2.24) is 4.90 Å². The molecule has 0 aromatic heterocycles. The summed E-state index contributed by atoms with van der Waals surface area (Å²) in [7, 11) is 2.80. The number of alkyl halides is 3. The van der Waals surface area contributed by atoms with Crippen LogP contribution in [0, 0.1) is 0 Å². The number of benzene rings is 2. The second-order valence-electron chi connectivity index (χ2n) is 7.51. The van der Waals surface area contributed by atoms with Gasteiger partial charge in [-0.05, 0) is 24.5 Å². The molecule has 0 aliphatic carbocycles. The molecule has 2 aromatic rings. The number of likely N-dealkylation sites (tertiary alicyclic amines) is 1. The molecule has 1 atom stereocenters. The van der Waals surface area contributed by atoms with Crippen molar-refractivity contribution in [3.8, 4) is 11.5 Å². The zero-order valence-corrected chi connectivity index (χ0v) is 17.9. The fourth-order valence-electron chi connectivity index (χ4n) is 3.74. The lowest BCUT2D eigenvalue weighted by Gasteiger charge is -2.22. The number of ether oxygens (including phenoxy) is 2. The largest absolute Gasteiger partial charge is 0.493 e. The number of carbonyl (C=O) groups is 2. The van der Waals surface area contributed by atoms with Gasteiger partial charge < -0.3 is 19.7 Å². The summed E-state index contributed by atoms with van der Waals surface area (Å²) in [5.74, 6) is -2.63. The summed E-state index contributed by atoms with van der Waals surface area (Å²) in [6, 6.07) is 10.1. The third-order valence-electron chi connectivity index (χ3n) is 5.41. The smallest absolute Gasteiger partial charge is 0.396 e. The molecule has 0 radical (unpaired) electrons. The van der Waals surface area contributed by atoms with Crippen LogP contribution in [0.15, 0.2) is 42.5 Å². The molecule has 1 unspecified atom stereocenters. The first-order valence-electron chi connectivity index (χ1n) is 10.2. The van der Waals surface area contributed by atoms with Gasteiger partial charge in [-0.25, -0.2) is 0 Å².